The van der Waals surface area contributed by atoms with Gasteiger partial charge in [-0.2, -0.15) is 0 Å². The summed E-state index contributed by atoms with van der Waals surface area (Å²) < 4.78 is 11.4. The molecule has 8 heteroatoms. The number of amides is 4. The number of imide groups is 1. The molecule has 0 aromatic heterocycles. The van der Waals surface area contributed by atoms with Gasteiger partial charge in [0.05, 0.1) is 13.2 Å². The summed E-state index contributed by atoms with van der Waals surface area (Å²) in [6.45, 7) is 3.77. The Kier molecular flexibility index (Phi) is 6.36. The number of hydrogen-bond donors (Lipinski definition) is 1. The molecule has 2 aromatic rings. The Bertz CT molecular complexity index is 1110. The van der Waals surface area contributed by atoms with Crippen molar-refractivity contribution >= 4 is 17.8 Å². The predicted molar refractivity (Wildman–Crippen MR) is 129 cm³/mol. The molecule has 0 radical (unpaired) electrons. The minimum Gasteiger partial charge on any atom is -0.490 e. The summed E-state index contributed by atoms with van der Waals surface area (Å²) in [6.07, 6.45) is 3.60. The van der Waals surface area contributed by atoms with Crippen LogP contribution < -0.4 is 14.8 Å². The second kappa shape index (κ2) is 9.60. The molecular formula is C27H31N3O5. The lowest BCUT2D eigenvalue weighted by Gasteiger charge is -2.33. The molecule has 0 spiro atoms. The molecule has 35 heavy (non-hydrogen) atoms. The van der Waals surface area contributed by atoms with E-state index in [4.69, 9.17) is 9.47 Å². The first kappa shape index (κ1) is 23.2. The van der Waals surface area contributed by atoms with Gasteiger partial charge in [0.15, 0.2) is 11.5 Å². The molecule has 4 amide bonds. The van der Waals surface area contributed by atoms with Crippen molar-refractivity contribution in [3.8, 4) is 11.5 Å². The van der Waals surface area contributed by atoms with Crippen LogP contribution in [0.4, 0.5) is 4.79 Å². The molecule has 3 aliphatic heterocycles. The fourth-order valence-corrected chi connectivity index (χ4v) is 5.08. The van der Waals surface area contributed by atoms with E-state index in [0.717, 1.165) is 30.6 Å². The summed E-state index contributed by atoms with van der Waals surface area (Å²) in [6, 6.07) is 15.1. The van der Waals surface area contributed by atoms with Crippen molar-refractivity contribution in [1.29, 1.82) is 0 Å². The Hall–Kier alpha value is -3.55. The lowest BCUT2D eigenvalue weighted by atomic mass is 9.90. The Morgan fingerprint density at radius 3 is 2.49 bits per heavy atom. The lowest BCUT2D eigenvalue weighted by molar-refractivity contribution is -0.139. The standard InChI is InChI=1S/C27H31N3O5/c1-27(21-8-9-22-23(17-21)35-15-5-14-34-22)25(32)30(26(33)28-27)18-24(31)29-12-10-20(11-13-29)16-19-6-3-2-4-7-19/h2-4,6-9,17,20H,5,10-16,18H2,1H3,(H,28,33). The second-order valence-electron chi connectivity index (χ2n) is 9.67. The van der Waals surface area contributed by atoms with Crippen LogP contribution in [0, 0.1) is 5.92 Å². The zero-order valence-electron chi connectivity index (χ0n) is 20.0. The molecule has 8 nitrogen and oxygen atoms in total. The quantitative estimate of drug-likeness (QED) is 0.669. The number of carbonyl (C=O) groups excluding carboxylic acids is 3. The van der Waals surface area contributed by atoms with E-state index in [1.165, 1.54) is 5.56 Å². The summed E-state index contributed by atoms with van der Waals surface area (Å²) in [5.41, 5.74) is 0.632. The molecule has 3 heterocycles. The number of piperidine rings is 1. The molecule has 1 N–H and O–H groups in total. The minimum absolute atomic E-state index is 0.199. The average molecular weight is 478 g/mol. The van der Waals surface area contributed by atoms with Gasteiger partial charge in [-0.25, -0.2) is 4.79 Å². The van der Waals surface area contributed by atoms with Gasteiger partial charge in [0.1, 0.15) is 12.1 Å². The number of rotatable bonds is 5. The summed E-state index contributed by atoms with van der Waals surface area (Å²) in [7, 11) is 0. The van der Waals surface area contributed by atoms with Crippen molar-refractivity contribution in [2.45, 2.75) is 38.1 Å². The van der Waals surface area contributed by atoms with Gasteiger partial charge >= 0.3 is 6.03 Å². The van der Waals surface area contributed by atoms with E-state index in [9.17, 15) is 14.4 Å². The summed E-state index contributed by atoms with van der Waals surface area (Å²) in [4.78, 5) is 41.9. The molecule has 184 valence electrons. The largest absolute Gasteiger partial charge is 0.490 e. The van der Waals surface area contributed by atoms with E-state index in [0.29, 0.717) is 49.3 Å². The Labute approximate surface area is 205 Å². The Morgan fingerprint density at radius 2 is 1.74 bits per heavy atom. The Morgan fingerprint density at radius 1 is 1.03 bits per heavy atom. The van der Waals surface area contributed by atoms with Gasteiger partial charge in [-0.05, 0) is 55.4 Å². The summed E-state index contributed by atoms with van der Waals surface area (Å²) >= 11 is 0. The smallest absolute Gasteiger partial charge is 0.325 e. The van der Waals surface area contributed by atoms with Crippen LogP contribution >= 0.6 is 0 Å². The van der Waals surface area contributed by atoms with Gasteiger partial charge in [0.25, 0.3) is 5.91 Å². The first-order valence-electron chi connectivity index (χ1n) is 12.3. The van der Waals surface area contributed by atoms with Crippen LogP contribution in [-0.4, -0.2) is 60.5 Å². The van der Waals surface area contributed by atoms with Crippen molar-refractivity contribution in [3.05, 3.63) is 59.7 Å². The van der Waals surface area contributed by atoms with Crippen molar-refractivity contribution in [3.63, 3.8) is 0 Å². The van der Waals surface area contributed by atoms with Crippen LogP contribution in [0.5, 0.6) is 11.5 Å². The lowest BCUT2D eigenvalue weighted by Crippen LogP contribution is -2.46. The van der Waals surface area contributed by atoms with E-state index in [-0.39, 0.29) is 12.5 Å². The van der Waals surface area contributed by atoms with Gasteiger partial charge < -0.3 is 19.7 Å². The highest BCUT2D eigenvalue weighted by Gasteiger charge is 2.50. The van der Waals surface area contributed by atoms with Crippen LogP contribution in [0.1, 0.15) is 37.3 Å². The fourth-order valence-electron chi connectivity index (χ4n) is 5.08. The SMILES string of the molecule is CC1(c2ccc3c(c2)OCCCO3)NC(=O)N(CC(=O)N2CCC(Cc3ccccc3)CC2)C1=O. The molecule has 2 saturated heterocycles. The number of urea groups is 1. The number of hydrogen-bond acceptors (Lipinski definition) is 5. The highest BCUT2D eigenvalue weighted by Crippen LogP contribution is 2.36. The minimum atomic E-state index is -1.27. The van der Waals surface area contributed by atoms with Crippen molar-refractivity contribution in [2.24, 2.45) is 5.92 Å². The molecule has 2 fully saturated rings. The maximum absolute atomic E-state index is 13.3. The van der Waals surface area contributed by atoms with Gasteiger partial charge in [0, 0.05) is 19.5 Å². The molecule has 0 saturated carbocycles. The van der Waals surface area contributed by atoms with Gasteiger partial charge in [-0.15, -0.1) is 0 Å². The first-order chi connectivity index (χ1) is 16.9. The van der Waals surface area contributed by atoms with E-state index in [1.807, 2.05) is 18.2 Å². The van der Waals surface area contributed by atoms with Crippen LogP contribution in [0.15, 0.2) is 48.5 Å². The second-order valence-corrected chi connectivity index (χ2v) is 9.67. The normalized spacial score (nSPS) is 22.7. The third kappa shape index (κ3) is 4.70. The van der Waals surface area contributed by atoms with Gasteiger partial charge in [-0.1, -0.05) is 36.4 Å². The molecular weight excluding hydrogens is 446 g/mol. The fraction of sp³-hybridized carbons (Fsp3) is 0.444. The number of benzene rings is 2. The number of ether oxygens (including phenoxy) is 2. The van der Waals surface area contributed by atoms with Gasteiger partial charge in [0.2, 0.25) is 5.91 Å². The summed E-state index contributed by atoms with van der Waals surface area (Å²) in [5.74, 6) is 1.06. The van der Waals surface area contributed by atoms with Crippen LogP contribution in [0.3, 0.4) is 0 Å². The number of likely N-dealkylation sites (tertiary alicyclic amines) is 1. The van der Waals surface area contributed by atoms with Crippen LogP contribution in [0.2, 0.25) is 0 Å². The van der Waals surface area contributed by atoms with E-state index in [1.54, 1.807) is 30.0 Å². The van der Waals surface area contributed by atoms with Crippen molar-refractivity contribution in [1.82, 2.24) is 15.1 Å². The van der Waals surface area contributed by atoms with Crippen molar-refractivity contribution in [2.75, 3.05) is 32.8 Å². The van der Waals surface area contributed by atoms with Crippen LogP contribution in [-0.2, 0) is 21.5 Å². The molecule has 1 atom stereocenters. The van der Waals surface area contributed by atoms with Crippen molar-refractivity contribution < 1.29 is 23.9 Å². The number of fused-ring (bicyclic) bond motifs is 1. The third-order valence-corrected chi connectivity index (χ3v) is 7.23. The average Bonchev–Trinajstić information content (AvgIpc) is 3.02. The number of nitrogens with one attached hydrogen (secondary N) is 1. The predicted octanol–water partition coefficient (Wildman–Crippen LogP) is 3.10. The summed E-state index contributed by atoms with van der Waals surface area (Å²) in [5, 5.41) is 2.78. The maximum Gasteiger partial charge on any atom is 0.325 e. The molecule has 3 aliphatic rings. The molecule has 1 unspecified atom stereocenters. The zero-order chi connectivity index (χ0) is 24.4. The maximum atomic E-state index is 13.3. The molecule has 0 aliphatic carbocycles. The Balaban J connectivity index is 1.21. The number of nitrogens with zero attached hydrogens (tertiary/aromatic N) is 2. The monoisotopic (exact) mass is 477 g/mol. The number of carbonyl (C=O) groups is 3. The van der Waals surface area contributed by atoms with E-state index in [2.05, 4.69) is 17.4 Å². The molecule has 5 rings (SSSR count). The van der Waals surface area contributed by atoms with E-state index < -0.39 is 17.5 Å². The van der Waals surface area contributed by atoms with E-state index >= 15 is 0 Å². The van der Waals surface area contributed by atoms with Crippen LogP contribution in [0.25, 0.3) is 0 Å². The highest BCUT2D eigenvalue weighted by molar-refractivity contribution is 6.09. The molecule has 2 aromatic carbocycles. The zero-order valence-corrected chi connectivity index (χ0v) is 20.0. The van der Waals surface area contributed by atoms with Gasteiger partial charge in [-0.3, -0.25) is 14.5 Å². The highest BCUT2D eigenvalue weighted by atomic mass is 16.5. The first-order valence-corrected chi connectivity index (χ1v) is 12.3. The topological polar surface area (TPSA) is 88.2 Å². The molecule has 0 bridgehead atoms. The third-order valence-electron chi connectivity index (χ3n) is 7.23.